The van der Waals surface area contributed by atoms with Gasteiger partial charge in [0.1, 0.15) is 0 Å². The van der Waals surface area contributed by atoms with E-state index in [0.717, 1.165) is 26.2 Å². The maximum Gasteiger partial charge on any atom is 0.0988 e. The Morgan fingerprint density at radius 3 is 2.85 bits per heavy atom. The molecule has 1 heterocycles. The van der Waals surface area contributed by atoms with Crippen LogP contribution in [0.3, 0.4) is 0 Å². The van der Waals surface area contributed by atoms with E-state index in [0.29, 0.717) is 0 Å². The molecule has 2 rings (SSSR count). The van der Waals surface area contributed by atoms with Crippen LogP contribution in [0.5, 0.6) is 0 Å². The van der Waals surface area contributed by atoms with E-state index in [1.165, 1.54) is 11.3 Å². The topological polar surface area (TPSA) is 44.7 Å². The van der Waals surface area contributed by atoms with Gasteiger partial charge in [-0.25, -0.2) is 0 Å². The molecule has 0 aromatic heterocycles. The number of nitrogens with zero attached hydrogens (tertiary/aromatic N) is 1. The van der Waals surface area contributed by atoms with Crippen molar-refractivity contribution in [3.05, 3.63) is 29.8 Å². The fraction of sp³-hybridized carbons (Fsp3) is 0.625. The van der Waals surface area contributed by atoms with Crippen molar-refractivity contribution in [2.24, 2.45) is 0 Å². The van der Waals surface area contributed by atoms with Crippen molar-refractivity contribution >= 4 is 5.69 Å². The van der Waals surface area contributed by atoms with Crippen molar-refractivity contribution in [1.82, 2.24) is 5.32 Å². The fourth-order valence-corrected chi connectivity index (χ4v) is 2.80. The number of ether oxygens (including phenoxy) is 1. The maximum absolute atomic E-state index is 9.43. The van der Waals surface area contributed by atoms with Gasteiger partial charge in [0.25, 0.3) is 0 Å². The summed E-state index contributed by atoms with van der Waals surface area (Å²) in [7, 11) is 0. The normalized spacial score (nSPS) is 22.0. The van der Waals surface area contributed by atoms with Crippen molar-refractivity contribution in [3.63, 3.8) is 0 Å². The third-order valence-electron chi connectivity index (χ3n) is 3.58. The van der Waals surface area contributed by atoms with Gasteiger partial charge in [0.05, 0.1) is 18.3 Å². The molecule has 1 fully saturated rings. The molecular weight excluding hydrogens is 252 g/mol. The van der Waals surface area contributed by atoms with Crippen LogP contribution in [0.4, 0.5) is 5.69 Å². The molecule has 0 bridgehead atoms. The number of para-hydroxylation sites is 1. The van der Waals surface area contributed by atoms with Gasteiger partial charge in [0, 0.05) is 25.3 Å². The molecule has 4 heteroatoms. The van der Waals surface area contributed by atoms with E-state index in [-0.39, 0.29) is 18.3 Å². The number of aliphatic hydroxyl groups is 1. The maximum atomic E-state index is 9.43. The Kier molecular flexibility index (Phi) is 5.02. The molecule has 20 heavy (non-hydrogen) atoms. The lowest BCUT2D eigenvalue weighted by Crippen LogP contribution is -2.54. The molecule has 0 saturated carbocycles. The lowest BCUT2D eigenvalue weighted by atomic mass is 10.0. The predicted octanol–water partition coefficient (Wildman–Crippen LogP) is 1.77. The zero-order valence-electron chi connectivity index (χ0n) is 12.7. The molecule has 1 aliphatic rings. The molecule has 1 atom stereocenters. The summed E-state index contributed by atoms with van der Waals surface area (Å²) in [4.78, 5) is 2.33. The molecule has 0 aliphatic carbocycles. The molecule has 1 aromatic carbocycles. The van der Waals surface area contributed by atoms with Crippen molar-refractivity contribution in [2.75, 3.05) is 31.1 Å². The van der Waals surface area contributed by atoms with E-state index in [1.54, 1.807) is 0 Å². The van der Waals surface area contributed by atoms with E-state index in [2.05, 4.69) is 55.3 Å². The quantitative estimate of drug-likeness (QED) is 0.861. The highest BCUT2D eigenvalue weighted by Gasteiger charge is 2.33. The van der Waals surface area contributed by atoms with E-state index >= 15 is 0 Å². The molecule has 1 saturated heterocycles. The van der Waals surface area contributed by atoms with Gasteiger partial charge in [-0.05, 0) is 32.0 Å². The number of rotatable bonds is 5. The number of hydrogen-bond donors (Lipinski definition) is 2. The van der Waals surface area contributed by atoms with Gasteiger partial charge in [0.2, 0.25) is 0 Å². The monoisotopic (exact) mass is 278 g/mol. The smallest absolute Gasteiger partial charge is 0.0988 e. The summed E-state index contributed by atoms with van der Waals surface area (Å²) in [5, 5.41) is 12.8. The van der Waals surface area contributed by atoms with Crippen LogP contribution in [-0.2, 0) is 11.3 Å². The first-order valence-corrected chi connectivity index (χ1v) is 7.38. The van der Waals surface area contributed by atoms with E-state index in [9.17, 15) is 5.11 Å². The lowest BCUT2D eigenvalue weighted by molar-refractivity contribution is -0.101. The van der Waals surface area contributed by atoms with Crippen LogP contribution >= 0.6 is 0 Å². The number of hydrogen-bond acceptors (Lipinski definition) is 4. The van der Waals surface area contributed by atoms with Gasteiger partial charge in [-0.1, -0.05) is 25.1 Å². The van der Waals surface area contributed by atoms with Gasteiger partial charge in [0.15, 0.2) is 0 Å². The Morgan fingerprint density at radius 1 is 1.40 bits per heavy atom. The minimum absolute atomic E-state index is 0.0648. The Morgan fingerprint density at radius 2 is 2.15 bits per heavy atom. The largest absolute Gasteiger partial charge is 0.394 e. The third-order valence-corrected chi connectivity index (χ3v) is 3.58. The van der Waals surface area contributed by atoms with Crippen LogP contribution in [0.25, 0.3) is 0 Å². The second kappa shape index (κ2) is 6.57. The highest BCUT2D eigenvalue weighted by molar-refractivity contribution is 5.54. The molecular formula is C16H26N2O2. The average molecular weight is 278 g/mol. The van der Waals surface area contributed by atoms with Crippen molar-refractivity contribution in [3.8, 4) is 0 Å². The Labute approximate surface area is 121 Å². The zero-order chi connectivity index (χ0) is 14.6. The van der Waals surface area contributed by atoms with Gasteiger partial charge in [-0.3, -0.25) is 0 Å². The molecule has 0 radical (unpaired) electrons. The summed E-state index contributed by atoms with van der Waals surface area (Å²) in [5.41, 5.74) is 2.30. The number of aliphatic hydroxyl groups excluding tert-OH is 1. The fourth-order valence-electron chi connectivity index (χ4n) is 2.80. The van der Waals surface area contributed by atoms with Crippen LogP contribution in [-0.4, -0.2) is 43.1 Å². The summed E-state index contributed by atoms with van der Waals surface area (Å²) in [5.74, 6) is 0. The summed E-state index contributed by atoms with van der Waals surface area (Å²) in [6.07, 6.45) is -0.119. The SMILES string of the molecule is CCNCc1ccccc1N1CC(CO)OC(C)(C)C1. The molecule has 112 valence electrons. The second-order valence-corrected chi connectivity index (χ2v) is 5.97. The van der Waals surface area contributed by atoms with Crippen molar-refractivity contribution in [2.45, 2.75) is 39.0 Å². The Bertz CT molecular complexity index is 434. The summed E-state index contributed by atoms with van der Waals surface area (Å²) < 4.78 is 5.89. The zero-order valence-corrected chi connectivity index (χ0v) is 12.7. The molecule has 2 N–H and O–H groups in total. The molecule has 1 unspecified atom stereocenters. The Balaban J connectivity index is 2.21. The number of nitrogens with one attached hydrogen (secondary N) is 1. The van der Waals surface area contributed by atoms with E-state index in [1.807, 2.05) is 0 Å². The van der Waals surface area contributed by atoms with E-state index < -0.39 is 0 Å². The molecule has 4 nitrogen and oxygen atoms in total. The van der Waals surface area contributed by atoms with Crippen LogP contribution in [0, 0.1) is 0 Å². The molecule has 1 aromatic rings. The van der Waals surface area contributed by atoms with Crippen LogP contribution in [0.2, 0.25) is 0 Å². The van der Waals surface area contributed by atoms with Crippen molar-refractivity contribution < 1.29 is 9.84 Å². The Hall–Kier alpha value is -1.10. The average Bonchev–Trinajstić information content (AvgIpc) is 2.43. The summed E-state index contributed by atoms with van der Waals surface area (Å²) in [6, 6.07) is 8.46. The van der Waals surface area contributed by atoms with Gasteiger partial charge < -0.3 is 20.1 Å². The minimum atomic E-state index is -0.239. The van der Waals surface area contributed by atoms with E-state index in [4.69, 9.17) is 4.74 Å². The lowest BCUT2D eigenvalue weighted by Gasteiger charge is -2.44. The number of benzene rings is 1. The highest BCUT2D eigenvalue weighted by Crippen LogP contribution is 2.28. The van der Waals surface area contributed by atoms with Gasteiger partial charge in [-0.15, -0.1) is 0 Å². The first-order valence-electron chi connectivity index (χ1n) is 7.38. The molecule has 0 spiro atoms. The van der Waals surface area contributed by atoms with Crippen LogP contribution in [0.1, 0.15) is 26.3 Å². The number of anilines is 1. The standard InChI is InChI=1S/C16H26N2O2/c1-4-17-9-13-7-5-6-8-15(13)18-10-14(11-19)20-16(2,3)12-18/h5-8,14,17,19H,4,9-12H2,1-3H3. The van der Waals surface area contributed by atoms with Crippen LogP contribution in [0.15, 0.2) is 24.3 Å². The predicted molar refractivity (Wildman–Crippen MR) is 82.1 cm³/mol. The van der Waals surface area contributed by atoms with Gasteiger partial charge in [-0.2, -0.15) is 0 Å². The number of morpholine rings is 1. The summed E-state index contributed by atoms with van der Waals surface area (Å²) >= 11 is 0. The first kappa shape index (κ1) is 15.3. The third kappa shape index (κ3) is 3.72. The van der Waals surface area contributed by atoms with Gasteiger partial charge >= 0.3 is 0 Å². The summed E-state index contributed by atoms with van der Waals surface area (Å²) in [6.45, 7) is 9.74. The molecule has 0 amide bonds. The highest BCUT2D eigenvalue weighted by atomic mass is 16.5. The second-order valence-electron chi connectivity index (χ2n) is 5.97. The molecule has 1 aliphatic heterocycles. The minimum Gasteiger partial charge on any atom is -0.394 e. The van der Waals surface area contributed by atoms with Crippen LogP contribution < -0.4 is 10.2 Å². The first-order chi connectivity index (χ1) is 9.55. The van der Waals surface area contributed by atoms with Crippen molar-refractivity contribution in [1.29, 1.82) is 0 Å².